The molecule has 0 unspecified atom stereocenters. The van der Waals surface area contributed by atoms with E-state index in [1.807, 2.05) is 39.8 Å². The second-order valence-corrected chi connectivity index (χ2v) is 8.87. The smallest absolute Gasteiger partial charge is 0.272 e. The first-order chi connectivity index (χ1) is 14.3. The first-order valence-electron chi connectivity index (χ1n) is 9.71. The van der Waals surface area contributed by atoms with Gasteiger partial charge in [-0.2, -0.15) is 4.31 Å². The van der Waals surface area contributed by atoms with Crippen molar-refractivity contribution in [2.45, 2.75) is 32.6 Å². The van der Waals surface area contributed by atoms with Gasteiger partial charge in [0, 0.05) is 5.56 Å². The molecule has 0 saturated carbocycles. The largest absolute Gasteiger partial charge is 0.494 e. The highest BCUT2D eigenvalue weighted by atomic mass is 32.2. The third-order valence-electron chi connectivity index (χ3n) is 4.74. The van der Waals surface area contributed by atoms with Gasteiger partial charge in [-0.15, -0.1) is 0 Å². The molecule has 3 aromatic rings. The van der Waals surface area contributed by atoms with Crippen molar-refractivity contribution in [2.75, 3.05) is 10.9 Å². The maximum absolute atomic E-state index is 13.6. The van der Waals surface area contributed by atoms with E-state index in [0.717, 1.165) is 21.0 Å². The molecule has 0 fully saturated rings. The van der Waals surface area contributed by atoms with Gasteiger partial charge in [0.15, 0.2) is 0 Å². The Balaban J connectivity index is 2.19. The number of hydrogen-bond donors (Lipinski definition) is 0. The fourth-order valence-corrected chi connectivity index (χ4v) is 4.95. The molecule has 1 amide bonds. The molecule has 0 N–H and O–H groups in total. The molecule has 156 valence electrons. The monoisotopic (exact) mass is 423 g/mol. The predicted molar refractivity (Wildman–Crippen MR) is 119 cm³/mol. The van der Waals surface area contributed by atoms with Crippen molar-refractivity contribution in [2.24, 2.45) is 0 Å². The van der Waals surface area contributed by atoms with Crippen LogP contribution in [0, 0.1) is 20.8 Å². The van der Waals surface area contributed by atoms with Crippen LogP contribution < -0.4 is 9.04 Å². The minimum Gasteiger partial charge on any atom is -0.494 e. The highest BCUT2D eigenvalue weighted by Gasteiger charge is 2.33. The van der Waals surface area contributed by atoms with E-state index < -0.39 is 15.9 Å². The summed E-state index contributed by atoms with van der Waals surface area (Å²) in [7, 11) is -4.13. The molecule has 0 bridgehead atoms. The third kappa shape index (κ3) is 4.24. The number of amides is 1. The zero-order valence-corrected chi connectivity index (χ0v) is 18.4. The Morgan fingerprint density at radius 1 is 0.900 bits per heavy atom. The van der Waals surface area contributed by atoms with Gasteiger partial charge < -0.3 is 4.74 Å². The van der Waals surface area contributed by atoms with E-state index in [9.17, 15) is 13.2 Å². The fraction of sp³-hybridized carbons (Fsp3) is 0.208. The molecule has 6 heteroatoms. The Morgan fingerprint density at radius 3 is 2.00 bits per heavy atom. The quantitative estimate of drug-likeness (QED) is 0.557. The van der Waals surface area contributed by atoms with Gasteiger partial charge in [-0.05, 0) is 75.2 Å². The van der Waals surface area contributed by atoms with E-state index in [1.165, 1.54) is 12.1 Å². The molecular formula is C24H25NO4S. The van der Waals surface area contributed by atoms with Crippen LogP contribution in [-0.2, 0) is 10.0 Å². The minimum atomic E-state index is -4.13. The number of hydrogen-bond acceptors (Lipinski definition) is 4. The molecule has 0 spiro atoms. The van der Waals surface area contributed by atoms with E-state index in [0.29, 0.717) is 17.9 Å². The van der Waals surface area contributed by atoms with Crippen molar-refractivity contribution >= 4 is 21.6 Å². The highest BCUT2D eigenvalue weighted by molar-refractivity contribution is 7.93. The van der Waals surface area contributed by atoms with Gasteiger partial charge in [0.25, 0.3) is 15.9 Å². The van der Waals surface area contributed by atoms with Crippen LogP contribution in [0.25, 0.3) is 0 Å². The van der Waals surface area contributed by atoms with Gasteiger partial charge in [-0.1, -0.05) is 35.9 Å². The lowest BCUT2D eigenvalue weighted by atomic mass is 9.99. The summed E-state index contributed by atoms with van der Waals surface area (Å²) in [5.74, 6) is 0.0199. The molecule has 3 aromatic carbocycles. The van der Waals surface area contributed by atoms with E-state index in [2.05, 4.69) is 0 Å². The summed E-state index contributed by atoms with van der Waals surface area (Å²) in [5, 5.41) is 0. The number of rotatable bonds is 6. The van der Waals surface area contributed by atoms with Crippen molar-refractivity contribution in [3.05, 3.63) is 89.0 Å². The summed E-state index contributed by atoms with van der Waals surface area (Å²) in [5.41, 5.74) is 3.12. The average Bonchev–Trinajstić information content (AvgIpc) is 2.69. The van der Waals surface area contributed by atoms with Gasteiger partial charge in [0.05, 0.1) is 17.2 Å². The number of anilines is 1. The van der Waals surface area contributed by atoms with E-state index >= 15 is 0 Å². The van der Waals surface area contributed by atoms with Gasteiger partial charge in [-0.3, -0.25) is 4.79 Å². The summed E-state index contributed by atoms with van der Waals surface area (Å²) < 4.78 is 33.4. The standard InChI is InChI=1S/C24H25NO4S/c1-5-29-21-13-11-20(12-14-21)25(30(27,28)22-9-7-6-8-10-22)24(26)23-18(3)15-17(2)16-19(23)4/h6-16H,5H2,1-4H3. The lowest BCUT2D eigenvalue weighted by Gasteiger charge is -2.24. The van der Waals surface area contributed by atoms with Crippen molar-refractivity contribution in [3.8, 4) is 5.75 Å². The van der Waals surface area contributed by atoms with Gasteiger partial charge in [0.1, 0.15) is 5.75 Å². The number of nitrogens with zero attached hydrogens (tertiary/aromatic N) is 1. The number of benzene rings is 3. The Bertz CT molecular complexity index is 1130. The van der Waals surface area contributed by atoms with Crippen LogP contribution in [0.15, 0.2) is 71.6 Å². The SMILES string of the molecule is CCOc1ccc(N(C(=O)c2c(C)cc(C)cc2C)S(=O)(=O)c2ccccc2)cc1. The summed E-state index contributed by atoms with van der Waals surface area (Å²) in [6.07, 6.45) is 0. The number of ether oxygens (including phenoxy) is 1. The van der Waals surface area contributed by atoms with Crippen LogP contribution in [0.1, 0.15) is 34.0 Å². The van der Waals surface area contributed by atoms with Crippen LogP contribution >= 0.6 is 0 Å². The van der Waals surface area contributed by atoms with E-state index in [4.69, 9.17) is 4.74 Å². The summed E-state index contributed by atoms with van der Waals surface area (Å²) in [6.45, 7) is 7.94. The number of sulfonamides is 1. The predicted octanol–water partition coefficient (Wildman–Crippen LogP) is 5.05. The van der Waals surface area contributed by atoms with E-state index in [1.54, 1.807) is 42.5 Å². The molecule has 30 heavy (non-hydrogen) atoms. The molecule has 3 rings (SSSR count). The van der Waals surface area contributed by atoms with Crippen molar-refractivity contribution < 1.29 is 17.9 Å². The van der Waals surface area contributed by atoms with Gasteiger partial charge in [-0.25, -0.2) is 8.42 Å². The number of carbonyl (C=O) groups is 1. The first kappa shape index (κ1) is 21.6. The number of aryl methyl sites for hydroxylation is 3. The molecule has 0 saturated heterocycles. The van der Waals surface area contributed by atoms with Crippen LogP contribution in [-0.4, -0.2) is 20.9 Å². The third-order valence-corrected chi connectivity index (χ3v) is 6.46. The zero-order valence-electron chi connectivity index (χ0n) is 17.5. The maximum atomic E-state index is 13.6. The van der Waals surface area contributed by atoms with Crippen LogP contribution in [0.4, 0.5) is 5.69 Å². The second kappa shape index (κ2) is 8.71. The number of carbonyl (C=O) groups excluding carboxylic acids is 1. The normalized spacial score (nSPS) is 11.2. The first-order valence-corrected chi connectivity index (χ1v) is 11.1. The zero-order chi connectivity index (χ0) is 21.9. The van der Waals surface area contributed by atoms with Gasteiger partial charge in [0.2, 0.25) is 0 Å². The Hall–Kier alpha value is -3.12. The van der Waals surface area contributed by atoms with Crippen LogP contribution in [0.5, 0.6) is 5.75 Å². The molecule has 0 aromatic heterocycles. The van der Waals surface area contributed by atoms with Crippen molar-refractivity contribution in [1.82, 2.24) is 0 Å². The molecule has 0 atom stereocenters. The second-order valence-electron chi connectivity index (χ2n) is 7.09. The molecule has 5 nitrogen and oxygen atoms in total. The average molecular weight is 424 g/mol. The molecule has 0 radical (unpaired) electrons. The van der Waals surface area contributed by atoms with Crippen LogP contribution in [0.3, 0.4) is 0 Å². The Morgan fingerprint density at radius 2 is 1.47 bits per heavy atom. The molecule has 0 heterocycles. The Labute approximate surface area is 178 Å². The minimum absolute atomic E-state index is 0.0506. The van der Waals surface area contributed by atoms with Gasteiger partial charge >= 0.3 is 0 Å². The summed E-state index contributed by atoms with van der Waals surface area (Å²) in [4.78, 5) is 13.7. The fourth-order valence-electron chi connectivity index (χ4n) is 3.53. The van der Waals surface area contributed by atoms with E-state index in [-0.39, 0.29) is 10.6 Å². The lowest BCUT2D eigenvalue weighted by Crippen LogP contribution is -2.37. The lowest BCUT2D eigenvalue weighted by molar-refractivity contribution is 0.100. The highest BCUT2D eigenvalue weighted by Crippen LogP contribution is 2.29. The maximum Gasteiger partial charge on any atom is 0.272 e. The van der Waals surface area contributed by atoms with Crippen LogP contribution in [0.2, 0.25) is 0 Å². The Kier molecular flexibility index (Phi) is 6.27. The topological polar surface area (TPSA) is 63.7 Å². The molecule has 0 aliphatic carbocycles. The van der Waals surface area contributed by atoms with Crippen molar-refractivity contribution in [1.29, 1.82) is 0 Å². The molecular weight excluding hydrogens is 398 g/mol. The molecule has 0 aliphatic heterocycles. The van der Waals surface area contributed by atoms with Crippen molar-refractivity contribution in [3.63, 3.8) is 0 Å². The molecule has 0 aliphatic rings. The summed E-state index contributed by atoms with van der Waals surface area (Å²) in [6, 6.07) is 18.2. The summed E-state index contributed by atoms with van der Waals surface area (Å²) >= 11 is 0.